The number of benzene rings is 1. The van der Waals surface area contributed by atoms with E-state index in [-0.39, 0.29) is 17.3 Å². The molecule has 1 aromatic carbocycles. The summed E-state index contributed by atoms with van der Waals surface area (Å²) in [5.41, 5.74) is 1.14. The number of nitrogens with zero attached hydrogens (tertiary/aromatic N) is 3. The molecule has 1 atom stereocenters. The van der Waals surface area contributed by atoms with Crippen molar-refractivity contribution in [1.29, 1.82) is 0 Å². The zero-order valence-corrected chi connectivity index (χ0v) is 17.1. The van der Waals surface area contributed by atoms with Gasteiger partial charge in [-0.15, -0.1) is 10.2 Å². The summed E-state index contributed by atoms with van der Waals surface area (Å²) in [6, 6.07) is 11.3. The quantitative estimate of drug-likeness (QED) is 0.741. The molecule has 0 amide bonds. The van der Waals surface area contributed by atoms with E-state index in [0.717, 1.165) is 18.7 Å². The standard InChI is InChI=1S/C20H25ClN4O3/c1-20(2)13-25(10-11-28-20)17(14-4-6-15(21)7-5-14)12-22-18-9-8-16(23-24-18)19(26)27-3/h4-9,17H,10-13H2,1-3H3,(H,22,24). The molecule has 1 aliphatic rings. The molecule has 1 aromatic heterocycles. The van der Waals surface area contributed by atoms with E-state index in [1.165, 1.54) is 7.11 Å². The number of anilines is 1. The normalized spacial score (nSPS) is 17.7. The van der Waals surface area contributed by atoms with Gasteiger partial charge in [0.15, 0.2) is 5.69 Å². The van der Waals surface area contributed by atoms with Crippen molar-refractivity contribution in [3.63, 3.8) is 0 Å². The van der Waals surface area contributed by atoms with Crippen LogP contribution in [0.5, 0.6) is 0 Å². The number of ether oxygens (including phenoxy) is 2. The summed E-state index contributed by atoms with van der Waals surface area (Å²) in [5, 5.41) is 12.0. The van der Waals surface area contributed by atoms with Crippen molar-refractivity contribution in [3.8, 4) is 0 Å². The lowest BCUT2D eigenvalue weighted by Gasteiger charge is -2.42. The van der Waals surface area contributed by atoms with Crippen molar-refractivity contribution in [3.05, 3.63) is 52.7 Å². The Hall–Kier alpha value is -2.22. The van der Waals surface area contributed by atoms with E-state index in [0.29, 0.717) is 24.0 Å². The van der Waals surface area contributed by atoms with Crippen LogP contribution in [0, 0.1) is 0 Å². The third-order valence-electron chi connectivity index (χ3n) is 4.69. The molecule has 3 rings (SSSR count). The Morgan fingerprint density at radius 1 is 1.29 bits per heavy atom. The molecule has 2 aromatic rings. The second kappa shape index (κ2) is 8.86. The number of methoxy groups -OCH3 is 1. The fourth-order valence-electron chi connectivity index (χ4n) is 3.30. The zero-order chi connectivity index (χ0) is 20.1. The van der Waals surface area contributed by atoms with Gasteiger partial charge < -0.3 is 14.8 Å². The van der Waals surface area contributed by atoms with Crippen LogP contribution >= 0.6 is 11.6 Å². The summed E-state index contributed by atoms with van der Waals surface area (Å²) in [6.07, 6.45) is 0. The Morgan fingerprint density at radius 2 is 2.04 bits per heavy atom. The number of hydrogen-bond acceptors (Lipinski definition) is 7. The number of nitrogens with one attached hydrogen (secondary N) is 1. The van der Waals surface area contributed by atoms with Crippen LogP contribution in [0.2, 0.25) is 5.02 Å². The fraction of sp³-hybridized carbons (Fsp3) is 0.450. The molecule has 1 N–H and O–H groups in total. The number of hydrogen-bond donors (Lipinski definition) is 1. The second-order valence-corrected chi connectivity index (χ2v) is 7.76. The van der Waals surface area contributed by atoms with Crippen LogP contribution in [0.25, 0.3) is 0 Å². The van der Waals surface area contributed by atoms with E-state index >= 15 is 0 Å². The van der Waals surface area contributed by atoms with Gasteiger partial charge in [0, 0.05) is 24.7 Å². The first-order valence-electron chi connectivity index (χ1n) is 9.17. The number of carbonyl (C=O) groups excluding carboxylic acids is 1. The molecular formula is C20H25ClN4O3. The van der Waals surface area contributed by atoms with Gasteiger partial charge in [-0.25, -0.2) is 4.79 Å². The summed E-state index contributed by atoms with van der Waals surface area (Å²) in [5.74, 6) is 0.0905. The van der Waals surface area contributed by atoms with E-state index < -0.39 is 5.97 Å². The minimum absolute atomic E-state index is 0.113. The molecule has 0 aliphatic carbocycles. The largest absolute Gasteiger partial charge is 0.464 e. The molecule has 0 radical (unpaired) electrons. The number of morpholine rings is 1. The van der Waals surface area contributed by atoms with Crippen LogP contribution in [-0.4, -0.2) is 60.0 Å². The van der Waals surface area contributed by atoms with Crippen LogP contribution in [0.15, 0.2) is 36.4 Å². The van der Waals surface area contributed by atoms with Crippen molar-refractivity contribution >= 4 is 23.4 Å². The molecule has 28 heavy (non-hydrogen) atoms. The molecule has 150 valence electrons. The van der Waals surface area contributed by atoms with Crippen molar-refractivity contribution < 1.29 is 14.3 Å². The van der Waals surface area contributed by atoms with Gasteiger partial charge in [-0.05, 0) is 43.7 Å². The Bertz CT molecular complexity index is 796. The molecule has 1 saturated heterocycles. The molecule has 0 bridgehead atoms. The first-order valence-corrected chi connectivity index (χ1v) is 9.55. The molecule has 1 aliphatic heterocycles. The molecule has 0 spiro atoms. The lowest BCUT2D eigenvalue weighted by Crippen LogP contribution is -2.50. The molecular weight excluding hydrogens is 380 g/mol. The van der Waals surface area contributed by atoms with E-state index in [9.17, 15) is 4.79 Å². The van der Waals surface area contributed by atoms with Gasteiger partial charge >= 0.3 is 5.97 Å². The second-order valence-electron chi connectivity index (χ2n) is 7.32. The third kappa shape index (κ3) is 5.19. The molecule has 1 fully saturated rings. The van der Waals surface area contributed by atoms with Crippen LogP contribution in [0.3, 0.4) is 0 Å². The number of aromatic nitrogens is 2. The summed E-state index contributed by atoms with van der Waals surface area (Å²) in [7, 11) is 1.32. The first kappa shape index (κ1) is 20.5. The van der Waals surface area contributed by atoms with Gasteiger partial charge in [0.1, 0.15) is 5.82 Å². The van der Waals surface area contributed by atoms with Crippen molar-refractivity contribution in [2.45, 2.75) is 25.5 Å². The predicted octanol–water partition coefficient (Wildman–Crippen LogP) is 3.18. The monoisotopic (exact) mass is 404 g/mol. The Morgan fingerprint density at radius 3 is 2.64 bits per heavy atom. The van der Waals surface area contributed by atoms with E-state index in [1.54, 1.807) is 12.1 Å². The highest BCUT2D eigenvalue weighted by molar-refractivity contribution is 6.30. The van der Waals surface area contributed by atoms with Gasteiger partial charge in [-0.2, -0.15) is 0 Å². The van der Waals surface area contributed by atoms with Gasteiger partial charge in [0.2, 0.25) is 0 Å². The van der Waals surface area contributed by atoms with Gasteiger partial charge in [0.05, 0.1) is 25.4 Å². The van der Waals surface area contributed by atoms with Gasteiger partial charge in [0.25, 0.3) is 0 Å². The minimum atomic E-state index is -0.506. The topological polar surface area (TPSA) is 76.6 Å². The number of rotatable bonds is 6. The summed E-state index contributed by atoms with van der Waals surface area (Å²) in [4.78, 5) is 13.9. The number of esters is 1. The summed E-state index contributed by atoms with van der Waals surface area (Å²) < 4.78 is 10.5. The third-order valence-corrected chi connectivity index (χ3v) is 4.94. The predicted molar refractivity (Wildman–Crippen MR) is 108 cm³/mol. The van der Waals surface area contributed by atoms with Crippen LogP contribution < -0.4 is 5.32 Å². The highest BCUT2D eigenvalue weighted by atomic mass is 35.5. The fourth-order valence-corrected chi connectivity index (χ4v) is 3.43. The lowest BCUT2D eigenvalue weighted by molar-refractivity contribution is -0.0963. The average molecular weight is 405 g/mol. The molecule has 8 heteroatoms. The summed E-state index contributed by atoms with van der Waals surface area (Å²) in [6.45, 7) is 7.17. The molecule has 2 heterocycles. The van der Waals surface area contributed by atoms with Crippen molar-refractivity contribution in [2.24, 2.45) is 0 Å². The lowest BCUT2D eigenvalue weighted by atomic mass is 10.0. The average Bonchev–Trinajstić information content (AvgIpc) is 2.68. The SMILES string of the molecule is COC(=O)c1ccc(NCC(c2ccc(Cl)cc2)N2CCOC(C)(C)C2)nn1. The van der Waals surface area contributed by atoms with Crippen LogP contribution in [0.4, 0.5) is 5.82 Å². The zero-order valence-electron chi connectivity index (χ0n) is 16.3. The maximum Gasteiger partial charge on any atom is 0.358 e. The van der Waals surface area contributed by atoms with E-state index in [2.05, 4.69) is 39.0 Å². The Balaban J connectivity index is 1.75. The molecule has 7 nitrogen and oxygen atoms in total. The maximum absolute atomic E-state index is 11.5. The molecule has 0 saturated carbocycles. The molecule has 1 unspecified atom stereocenters. The van der Waals surface area contributed by atoms with Crippen molar-refractivity contribution in [1.82, 2.24) is 15.1 Å². The summed E-state index contributed by atoms with van der Waals surface area (Å²) >= 11 is 6.07. The Kier molecular flexibility index (Phi) is 6.49. The highest BCUT2D eigenvalue weighted by Gasteiger charge is 2.32. The van der Waals surface area contributed by atoms with Gasteiger partial charge in [-0.1, -0.05) is 23.7 Å². The van der Waals surface area contributed by atoms with Crippen molar-refractivity contribution in [2.75, 3.05) is 38.7 Å². The van der Waals surface area contributed by atoms with Gasteiger partial charge in [-0.3, -0.25) is 4.90 Å². The smallest absolute Gasteiger partial charge is 0.358 e. The number of halogens is 1. The highest BCUT2D eigenvalue weighted by Crippen LogP contribution is 2.28. The van der Waals surface area contributed by atoms with E-state index in [1.807, 2.05) is 24.3 Å². The van der Waals surface area contributed by atoms with Crippen LogP contribution in [0.1, 0.15) is 35.9 Å². The minimum Gasteiger partial charge on any atom is -0.464 e. The first-order chi connectivity index (χ1) is 13.4. The van der Waals surface area contributed by atoms with Crippen LogP contribution in [-0.2, 0) is 9.47 Å². The Labute approximate surface area is 170 Å². The maximum atomic E-state index is 11.5. The number of carbonyl (C=O) groups is 1. The van der Waals surface area contributed by atoms with E-state index in [4.69, 9.17) is 16.3 Å².